The third kappa shape index (κ3) is 2.71. The van der Waals surface area contributed by atoms with Crippen molar-refractivity contribution in [1.29, 1.82) is 0 Å². The van der Waals surface area contributed by atoms with Crippen LogP contribution in [0.15, 0.2) is 60.7 Å². The number of hydrogen-bond donors (Lipinski definition) is 1. The molecule has 1 atom stereocenters. The van der Waals surface area contributed by atoms with Gasteiger partial charge in [-0.2, -0.15) is 0 Å². The molecule has 98 valence electrons. The van der Waals surface area contributed by atoms with Gasteiger partial charge >= 0.3 is 0 Å². The lowest BCUT2D eigenvalue weighted by atomic mass is 9.87. The maximum atomic E-state index is 9.50. The number of hydrogen-bond acceptors (Lipinski definition) is 1. The van der Waals surface area contributed by atoms with Gasteiger partial charge in [-0.3, -0.25) is 0 Å². The van der Waals surface area contributed by atoms with Crippen molar-refractivity contribution in [3.8, 4) is 0 Å². The van der Waals surface area contributed by atoms with Gasteiger partial charge in [0.1, 0.15) is 0 Å². The zero-order chi connectivity index (χ0) is 13.1. The van der Waals surface area contributed by atoms with Gasteiger partial charge in [0.2, 0.25) is 0 Å². The lowest BCUT2D eigenvalue weighted by Gasteiger charge is -2.17. The topological polar surface area (TPSA) is 20.2 Å². The minimum Gasteiger partial charge on any atom is -0.396 e. The Balaban J connectivity index is 1.77. The summed E-state index contributed by atoms with van der Waals surface area (Å²) in [6, 6.07) is 21.3. The second-order valence-corrected chi connectivity index (χ2v) is 5.77. The van der Waals surface area contributed by atoms with Crippen LogP contribution in [0.5, 0.6) is 0 Å². The zero-order valence-electron chi connectivity index (χ0n) is 11.1. The van der Waals surface area contributed by atoms with Gasteiger partial charge in [0, 0.05) is 6.61 Å². The van der Waals surface area contributed by atoms with E-state index in [1.807, 2.05) is 0 Å². The largest absolute Gasteiger partial charge is 0.396 e. The molecule has 1 unspecified atom stereocenters. The van der Waals surface area contributed by atoms with Gasteiger partial charge in [-0.1, -0.05) is 60.7 Å². The Hall–Kier alpha value is -1.60. The molecule has 2 aromatic rings. The van der Waals surface area contributed by atoms with E-state index in [0.29, 0.717) is 12.5 Å². The Morgan fingerprint density at radius 3 is 1.68 bits per heavy atom. The first-order valence-electron chi connectivity index (χ1n) is 7.01. The third-order valence-electron chi connectivity index (χ3n) is 4.38. The van der Waals surface area contributed by atoms with Crippen LogP contribution >= 0.6 is 0 Å². The van der Waals surface area contributed by atoms with Crippen LogP contribution in [-0.4, -0.2) is 11.7 Å². The molecule has 0 bridgehead atoms. The van der Waals surface area contributed by atoms with Gasteiger partial charge in [-0.25, -0.2) is 0 Å². The normalized spacial score (nSPS) is 20.2. The molecule has 1 aliphatic rings. The molecular formula is C18H20O. The highest BCUT2D eigenvalue weighted by molar-refractivity contribution is 5.25. The summed E-state index contributed by atoms with van der Waals surface area (Å²) in [6.07, 6.45) is 3.30. The lowest BCUT2D eigenvalue weighted by molar-refractivity contribution is 0.247. The van der Waals surface area contributed by atoms with E-state index in [4.69, 9.17) is 0 Å². The van der Waals surface area contributed by atoms with Crippen molar-refractivity contribution in [2.24, 2.45) is 11.3 Å². The Morgan fingerprint density at radius 1 is 0.842 bits per heavy atom. The summed E-state index contributed by atoms with van der Waals surface area (Å²) < 4.78 is 0. The van der Waals surface area contributed by atoms with Crippen LogP contribution in [0.2, 0.25) is 0 Å². The molecule has 1 heteroatoms. The SMILES string of the molecule is OCC1CC1(Cc1ccccc1)Cc1ccccc1. The van der Waals surface area contributed by atoms with Gasteiger partial charge in [-0.15, -0.1) is 0 Å². The van der Waals surface area contributed by atoms with Crippen LogP contribution in [0.1, 0.15) is 17.5 Å². The predicted molar refractivity (Wildman–Crippen MR) is 77.9 cm³/mol. The maximum Gasteiger partial charge on any atom is 0.0465 e. The second kappa shape index (κ2) is 5.18. The van der Waals surface area contributed by atoms with Crippen molar-refractivity contribution in [2.75, 3.05) is 6.61 Å². The number of benzene rings is 2. The highest BCUT2D eigenvalue weighted by Crippen LogP contribution is 2.56. The van der Waals surface area contributed by atoms with E-state index in [9.17, 15) is 5.11 Å². The maximum absolute atomic E-state index is 9.50. The van der Waals surface area contributed by atoms with Crippen LogP contribution in [0.25, 0.3) is 0 Å². The first-order chi connectivity index (χ1) is 9.32. The quantitative estimate of drug-likeness (QED) is 0.864. The first-order valence-corrected chi connectivity index (χ1v) is 7.01. The van der Waals surface area contributed by atoms with E-state index in [2.05, 4.69) is 60.7 Å². The average Bonchev–Trinajstić information content (AvgIpc) is 3.13. The van der Waals surface area contributed by atoms with E-state index in [0.717, 1.165) is 19.3 Å². The standard InChI is InChI=1S/C18H20O/c19-14-17-13-18(17,11-15-7-3-1-4-8-15)12-16-9-5-2-6-10-16/h1-10,17,19H,11-14H2. The highest BCUT2D eigenvalue weighted by Gasteiger charge is 2.52. The smallest absolute Gasteiger partial charge is 0.0465 e. The molecular weight excluding hydrogens is 232 g/mol. The van der Waals surface area contributed by atoms with E-state index >= 15 is 0 Å². The lowest BCUT2D eigenvalue weighted by Crippen LogP contribution is -2.14. The molecule has 1 saturated carbocycles. The Bertz CT molecular complexity index is 476. The van der Waals surface area contributed by atoms with Gasteiger partial charge in [0.25, 0.3) is 0 Å². The van der Waals surface area contributed by atoms with Crippen LogP contribution in [0, 0.1) is 11.3 Å². The summed E-state index contributed by atoms with van der Waals surface area (Å²) in [4.78, 5) is 0. The molecule has 0 radical (unpaired) electrons. The Kier molecular flexibility index (Phi) is 3.39. The molecule has 0 aliphatic heterocycles. The van der Waals surface area contributed by atoms with Crippen molar-refractivity contribution in [3.63, 3.8) is 0 Å². The number of aliphatic hydroxyl groups excluding tert-OH is 1. The van der Waals surface area contributed by atoms with Crippen LogP contribution in [-0.2, 0) is 12.8 Å². The summed E-state index contributed by atoms with van der Waals surface area (Å²) in [6.45, 7) is 0.319. The van der Waals surface area contributed by atoms with Crippen LogP contribution < -0.4 is 0 Å². The predicted octanol–water partition coefficient (Wildman–Crippen LogP) is 3.47. The molecule has 0 spiro atoms. The van der Waals surface area contributed by atoms with Crippen LogP contribution in [0.4, 0.5) is 0 Å². The van der Waals surface area contributed by atoms with Crippen LogP contribution in [0.3, 0.4) is 0 Å². The minimum absolute atomic E-state index is 0.275. The van der Waals surface area contributed by atoms with Crippen molar-refractivity contribution >= 4 is 0 Å². The van der Waals surface area contributed by atoms with Gasteiger partial charge < -0.3 is 5.11 Å². The molecule has 0 heterocycles. The average molecular weight is 252 g/mol. The molecule has 19 heavy (non-hydrogen) atoms. The van der Waals surface area contributed by atoms with E-state index in [-0.39, 0.29) is 5.41 Å². The molecule has 1 aliphatic carbocycles. The minimum atomic E-state index is 0.275. The summed E-state index contributed by atoms with van der Waals surface area (Å²) >= 11 is 0. The van der Waals surface area contributed by atoms with Crippen molar-refractivity contribution < 1.29 is 5.11 Å². The third-order valence-corrected chi connectivity index (χ3v) is 4.38. The molecule has 0 saturated heterocycles. The molecule has 0 aromatic heterocycles. The number of aliphatic hydroxyl groups is 1. The zero-order valence-corrected chi connectivity index (χ0v) is 11.1. The Morgan fingerprint density at radius 2 is 1.32 bits per heavy atom. The van der Waals surface area contributed by atoms with Gasteiger partial charge in [-0.05, 0) is 41.7 Å². The molecule has 2 aromatic carbocycles. The second-order valence-electron chi connectivity index (χ2n) is 5.77. The molecule has 1 nitrogen and oxygen atoms in total. The fourth-order valence-electron chi connectivity index (χ4n) is 3.19. The van der Waals surface area contributed by atoms with Crippen molar-refractivity contribution in [1.82, 2.24) is 0 Å². The fraction of sp³-hybridized carbons (Fsp3) is 0.333. The molecule has 1 N–H and O–H groups in total. The summed E-state index contributed by atoms with van der Waals surface area (Å²) in [5, 5.41) is 9.50. The first kappa shape index (κ1) is 12.4. The number of rotatable bonds is 5. The summed E-state index contributed by atoms with van der Waals surface area (Å²) in [7, 11) is 0. The summed E-state index contributed by atoms with van der Waals surface area (Å²) in [5.41, 5.74) is 3.04. The van der Waals surface area contributed by atoms with E-state index in [1.54, 1.807) is 0 Å². The molecule has 0 amide bonds. The summed E-state index contributed by atoms with van der Waals surface area (Å²) in [5.74, 6) is 0.466. The highest BCUT2D eigenvalue weighted by atomic mass is 16.3. The van der Waals surface area contributed by atoms with Gasteiger partial charge in [0.05, 0.1) is 0 Å². The van der Waals surface area contributed by atoms with Crippen molar-refractivity contribution in [3.05, 3.63) is 71.8 Å². The fourth-order valence-corrected chi connectivity index (χ4v) is 3.19. The monoisotopic (exact) mass is 252 g/mol. The molecule has 1 fully saturated rings. The Labute approximate surface area is 114 Å². The molecule has 3 rings (SSSR count). The van der Waals surface area contributed by atoms with E-state index < -0.39 is 0 Å². The van der Waals surface area contributed by atoms with Crippen molar-refractivity contribution in [2.45, 2.75) is 19.3 Å². The van der Waals surface area contributed by atoms with Gasteiger partial charge in [0.15, 0.2) is 0 Å². The van der Waals surface area contributed by atoms with E-state index in [1.165, 1.54) is 11.1 Å².